The SMILES string of the molecule is O=C([C@@H]1CCCN1S(=O)(=O)c1ccc(F)cc1)N1CCN(c2nc3c(F)cccc3s2)CC1. The van der Waals surface area contributed by atoms with Crippen molar-refractivity contribution >= 4 is 42.6 Å². The van der Waals surface area contributed by atoms with Gasteiger partial charge < -0.3 is 9.80 Å². The Morgan fingerprint density at radius 1 is 1.00 bits per heavy atom. The highest BCUT2D eigenvalue weighted by Gasteiger charge is 2.41. The molecule has 174 valence electrons. The number of carbonyl (C=O) groups is 1. The molecule has 1 atom stereocenters. The number of anilines is 1. The minimum atomic E-state index is -3.90. The molecule has 33 heavy (non-hydrogen) atoms. The highest BCUT2D eigenvalue weighted by atomic mass is 32.2. The number of carbonyl (C=O) groups excluding carboxylic acids is 1. The van der Waals surface area contributed by atoms with Gasteiger partial charge in [0.05, 0.1) is 9.60 Å². The summed E-state index contributed by atoms with van der Waals surface area (Å²) in [5.41, 5.74) is 0.351. The summed E-state index contributed by atoms with van der Waals surface area (Å²) in [7, 11) is -3.90. The lowest BCUT2D eigenvalue weighted by Crippen LogP contribution is -2.54. The molecule has 0 spiro atoms. The molecule has 2 aromatic carbocycles. The highest BCUT2D eigenvalue weighted by molar-refractivity contribution is 7.89. The number of rotatable bonds is 4. The van der Waals surface area contributed by atoms with Crippen molar-refractivity contribution in [3.8, 4) is 0 Å². The van der Waals surface area contributed by atoms with Crippen LogP contribution in [0, 0.1) is 11.6 Å². The second kappa shape index (κ2) is 8.62. The van der Waals surface area contributed by atoms with Gasteiger partial charge in [-0.3, -0.25) is 4.79 Å². The Hall–Kier alpha value is -2.63. The van der Waals surface area contributed by atoms with E-state index < -0.39 is 21.9 Å². The van der Waals surface area contributed by atoms with Gasteiger partial charge in [0.2, 0.25) is 15.9 Å². The number of thiazole rings is 1. The van der Waals surface area contributed by atoms with Gasteiger partial charge in [-0.2, -0.15) is 4.31 Å². The zero-order chi connectivity index (χ0) is 23.2. The molecule has 2 aliphatic rings. The maximum Gasteiger partial charge on any atom is 0.243 e. The number of amides is 1. The first-order valence-corrected chi connectivity index (χ1v) is 13.0. The molecular weight excluding hydrogens is 470 g/mol. The van der Waals surface area contributed by atoms with Crippen molar-refractivity contribution in [3.05, 3.63) is 54.1 Å². The van der Waals surface area contributed by atoms with Crippen LogP contribution in [-0.2, 0) is 14.8 Å². The van der Waals surface area contributed by atoms with E-state index in [1.54, 1.807) is 11.0 Å². The molecule has 1 amide bonds. The second-order valence-electron chi connectivity index (χ2n) is 8.12. The van der Waals surface area contributed by atoms with Crippen LogP contribution in [0.4, 0.5) is 13.9 Å². The molecule has 3 heterocycles. The maximum atomic E-state index is 14.0. The van der Waals surface area contributed by atoms with E-state index in [0.717, 1.165) is 16.8 Å². The van der Waals surface area contributed by atoms with Crippen molar-refractivity contribution < 1.29 is 22.0 Å². The third-order valence-corrected chi connectivity index (χ3v) is 9.13. The maximum absolute atomic E-state index is 14.0. The lowest BCUT2D eigenvalue weighted by atomic mass is 10.2. The number of benzene rings is 2. The topological polar surface area (TPSA) is 73.8 Å². The molecule has 0 aliphatic carbocycles. The first-order chi connectivity index (χ1) is 15.8. The number of piperazine rings is 1. The van der Waals surface area contributed by atoms with Crippen LogP contribution in [0.5, 0.6) is 0 Å². The standard InChI is InChI=1S/C22H22F2N4O3S2/c23-15-6-8-16(9-7-15)33(30,31)28-10-2-4-18(28)21(29)26-11-13-27(14-12-26)22-25-20-17(24)3-1-5-19(20)32-22/h1,3,5-9,18H,2,4,10-14H2/t18-/m0/s1. The van der Waals surface area contributed by atoms with Crippen LogP contribution >= 0.6 is 11.3 Å². The average Bonchev–Trinajstić information content (AvgIpc) is 3.48. The molecule has 7 nitrogen and oxygen atoms in total. The predicted molar refractivity (Wildman–Crippen MR) is 122 cm³/mol. The van der Waals surface area contributed by atoms with Gasteiger partial charge in [-0.15, -0.1) is 0 Å². The van der Waals surface area contributed by atoms with Gasteiger partial charge in [-0.1, -0.05) is 17.4 Å². The molecule has 0 unspecified atom stereocenters. The number of sulfonamides is 1. The lowest BCUT2D eigenvalue weighted by molar-refractivity contribution is -0.134. The van der Waals surface area contributed by atoms with E-state index in [0.29, 0.717) is 49.7 Å². The van der Waals surface area contributed by atoms with Crippen molar-refractivity contribution in [1.29, 1.82) is 0 Å². The number of aromatic nitrogens is 1. The van der Waals surface area contributed by atoms with Crippen molar-refractivity contribution in [1.82, 2.24) is 14.2 Å². The Balaban J connectivity index is 1.28. The predicted octanol–water partition coefficient (Wildman–Crippen LogP) is 3.08. The van der Waals surface area contributed by atoms with E-state index in [1.165, 1.54) is 33.8 Å². The summed E-state index contributed by atoms with van der Waals surface area (Å²) in [5.74, 6) is -1.09. The fourth-order valence-electron chi connectivity index (χ4n) is 4.38. The normalized spacial score (nSPS) is 20.0. The summed E-state index contributed by atoms with van der Waals surface area (Å²) in [6.45, 7) is 2.18. The van der Waals surface area contributed by atoms with Gasteiger partial charge in [-0.25, -0.2) is 22.2 Å². The Morgan fingerprint density at radius 3 is 2.42 bits per heavy atom. The molecule has 1 aromatic heterocycles. The van der Waals surface area contributed by atoms with Gasteiger partial charge in [0, 0.05) is 32.7 Å². The molecule has 2 fully saturated rings. The van der Waals surface area contributed by atoms with Crippen LogP contribution in [-0.4, -0.2) is 67.3 Å². The van der Waals surface area contributed by atoms with E-state index >= 15 is 0 Å². The Bertz CT molecular complexity index is 1290. The number of nitrogens with zero attached hydrogens (tertiary/aromatic N) is 4. The fraction of sp³-hybridized carbons (Fsp3) is 0.364. The number of fused-ring (bicyclic) bond motifs is 1. The molecule has 0 radical (unpaired) electrons. The molecule has 2 saturated heterocycles. The second-order valence-corrected chi connectivity index (χ2v) is 11.0. The van der Waals surface area contributed by atoms with Gasteiger partial charge in [0.25, 0.3) is 0 Å². The molecule has 0 N–H and O–H groups in total. The molecule has 2 aliphatic heterocycles. The van der Waals surface area contributed by atoms with E-state index in [1.807, 2.05) is 11.0 Å². The number of hydrogen-bond donors (Lipinski definition) is 0. The molecule has 0 saturated carbocycles. The Morgan fingerprint density at radius 2 is 1.73 bits per heavy atom. The number of halogens is 2. The first-order valence-electron chi connectivity index (χ1n) is 10.7. The van der Waals surface area contributed by atoms with Crippen molar-refractivity contribution in [2.24, 2.45) is 0 Å². The molecule has 11 heteroatoms. The van der Waals surface area contributed by atoms with Crippen molar-refractivity contribution in [2.45, 2.75) is 23.8 Å². The van der Waals surface area contributed by atoms with Gasteiger partial charge in [0.15, 0.2) is 5.13 Å². The van der Waals surface area contributed by atoms with Crippen LogP contribution in [0.1, 0.15) is 12.8 Å². The van der Waals surface area contributed by atoms with Crippen LogP contribution in [0.15, 0.2) is 47.4 Å². The van der Waals surface area contributed by atoms with E-state index in [9.17, 15) is 22.0 Å². The van der Waals surface area contributed by atoms with Crippen molar-refractivity contribution in [3.63, 3.8) is 0 Å². The third kappa shape index (κ3) is 4.09. The van der Waals surface area contributed by atoms with Crippen LogP contribution in [0.25, 0.3) is 10.2 Å². The van der Waals surface area contributed by atoms with E-state index in [-0.39, 0.29) is 23.2 Å². The number of para-hydroxylation sites is 1. The van der Waals surface area contributed by atoms with Crippen LogP contribution < -0.4 is 4.90 Å². The Labute approximate surface area is 194 Å². The lowest BCUT2D eigenvalue weighted by Gasteiger charge is -2.37. The fourth-order valence-corrected chi connectivity index (χ4v) is 7.07. The summed E-state index contributed by atoms with van der Waals surface area (Å²) in [6.07, 6.45) is 1.05. The summed E-state index contributed by atoms with van der Waals surface area (Å²) in [4.78, 5) is 21.4. The number of hydrogen-bond acceptors (Lipinski definition) is 6. The quantitative estimate of drug-likeness (QED) is 0.560. The monoisotopic (exact) mass is 492 g/mol. The van der Waals surface area contributed by atoms with Gasteiger partial charge >= 0.3 is 0 Å². The smallest absolute Gasteiger partial charge is 0.243 e. The minimum Gasteiger partial charge on any atom is -0.345 e. The zero-order valence-corrected chi connectivity index (χ0v) is 19.3. The van der Waals surface area contributed by atoms with E-state index in [4.69, 9.17) is 0 Å². The summed E-state index contributed by atoms with van der Waals surface area (Å²) < 4.78 is 55.4. The van der Waals surface area contributed by atoms with Gasteiger partial charge in [-0.05, 0) is 49.2 Å². The third-order valence-electron chi connectivity index (χ3n) is 6.13. The molecule has 3 aromatic rings. The van der Waals surface area contributed by atoms with Gasteiger partial charge in [0.1, 0.15) is 23.2 Å². The summed E-state index contributed by atoms with van der Waals surface area (Å²) >= 11 is 1.41. The average molecular weight is 493 g/mol. The summed E-state index contributed by atoms with van der Waals surface area (Å²) in [6, 6.07) is 8.77. The summed E-state index contributed by atoms with van der Waals surface area (Å²) in [5, 5.41) is 0.712. The Kier molecular flexibility index (Phi) is 5.79. The van der Waals surface area contributed by atoms with Crippen LogP contribution in [0.3, 0.4) is 0 Å². The minimum absolute atomic E-state index is 0.0171. The van der Waals surface area contributed by atoms with E-state index in [2.05, 4.69) is 4.98 Å². The molecule has 0 bridgehead atoms. The van der Waals surface area contributed by atoms with Crippen LogP contribution in [0.2, 0.25) is 0 Å². The molecule has 5 rings (SSSR count). The highest BCUT2D eigenvalue weighted by Crippen LogP contribution is 2.32. The zero-order valence-electron chi connectivity index (χ0n) is 17.7. The first kappa shape index (κ1) is 22.2. The van der Waals surface area contributed by atoms with Crippen molar-refractivity contribution in [2.75, 3.05) is 37.6 Å². The largest absolute Gasteiger partial charge is 0.345 e. The molecular formula is C22H22F2N4O3S2.